The van der Waals surface area contributed by atoms with Gasteiger partial charge in [0.1, 0.15) is 11.5 Å². The maximum Gasteiger partial charge on any atom is 0.573 e. The summed E-state index contributed by atoms with van der Waals surface area (Å²) in [5, 5.41) is 0. The molecule has 0 N–H and O–H groups in total. The smallest absolute Gasteiger partial charge is 0.479 e. The second-order valence-electron chi connectivity index (χ2n) is 3.30. The zero-order valence-electron chi connectivity index (χ0n) is 9.65. The van der Waals surface area contributed by atoms with E-state index in [0.717, 1.165) is 12.1 Å². The Balaban J connectivity index is 2.63. The first-order chi connectivity index (χ1) is 8.31. The van der Waals surface area contributed by atoms with Crippen molar-refractivity contribution in [2.45, 2.75) is 19.4 Å². The molecule has 0 unspecified atom stereocenters. The molecule has 0 spiro atoms. The summed E-state index contributed by atoms with van der Waals surface area (Å²) in [5.41, 5.74) is 0. The van der Waals surface area contributed by atoms with Crippen LogP contribution in [0.4, 0.5) is 13.2 Å². The lowest BCUT2D eigenvalue weighted by Gasteiger charge is -2.13. The zero-order valence-corrected chi connectivity index (χ0v) is 9.65. The molecule has 0 saturated heterocycles. The third kappa shape index (κ3) is 4.52. The van der Waals surface area contributed by atoms with Gasteiger partial charge in [0.15, 0.2) is 6.10 Å². The third-order valence-electron chi connectivity index (χ3n) is 1.90. The van der Waals surface area contributed by atoms with E-state index in [4.69, 9.17) is 4.74 Å². The second-order valence-corrected chi connectivity index (χ2v) is 3.30. The summed E-state index contributed by atoms with van der Waals surface area (Å²) in [6.45, 7) is 1.46. The van der Waals surface area contributed by atoms with Crippen LogP contribution in [0, 0.1) is 0 Å². The van der Waals surface area contributed by atoms with E-state index in [1.807, 2.05) is 0 Å². The molecule has 0 aliphatic carbocycles. The molecule has 0 saturated carbocycles. The van der Waals surface area contributed by atoms with Crippen molar-refractivity contribution in [3.63, 3.8) is 0 Å². The maximum atomic E-state index is 11.9. The number of benzene rings is 1. The van der Waals surface area contributed by atoms with Crippen LogP contribution in [0.5, 0.6) is 11.5 Å². The fourth-order valence-corrected chi connectivity index (χ4v) is 1.14. The highest BCUT2D eigenvalue weighted by Crippen LogP contribution is 2.25. The van der Waals surface area contributed by atoms with Crippen LogP contribution >= 0.6 is 0 Å². The highest BCUT2D eigenvalue weighted by atomic mass is 19.4. The standard InChI is InChI=1S/C11H11F3O4/c1-7(10(15)16-2)17-8-3-5-9(6-4-8)18-11(12,13)14/h3-7H,1-2H3/t7-/m1/s1. The van der Waals surface area contributed by atoms with Crippen molar-refractivity contribution in [1.82, 2.24) is 0 Å². The molecule has 0 aliphatic heterocycles. The summed E-state index contributed by atoms with van der Waals surface area (Å²) in [6.07, 6.45) is -5.58. The van der Waals surface area contributed by atoms with Gasteiger partial charge in [0.05, 0.1) is 7.11 Å². The second kappa shape index (κ2) is 5.61. The van der Waals surface area contributed by atoms with E-state index in [2.05, 4.69) is 9.47 Å². The number of carbonyl (C=O) groups is 1. The average molecular weight is 264 g/mol. The summed E-state index contributed by atoms with van der Waals surface area (Å²) < 4.78 is 48.9. The third-order valence-corrected chi connectivity index (χ3v) is 1.90. The fraction of sp³-hybridized carbons (Fsp3) is 0.364. The quantitative estimate of drug-likeness (QED) is 0.784. The SMILES string of the molecule is COC(=O)[C@@H](C)Oc1ccc(OC(F)(F)F)cc1. The Morgan fingerprint density at radius 3 is 2.11 bits per heavy atom. The van der Waals surface area contributed by atoms with Gasteiger partial charge in [-0.2, -0.15) is 0 Å². The van der Waals surface area contributed by atoms with Crippen LogP contribution in [-0.4, -0.2) is 25.5 Å². The van der Waals surface area contributed by atoms with Crippen LogP contribution in [0.15, 0.2) is 24.3 Å². The van der Waals surface area contributed by atoms with Gasteiger partial charge in [-0.05, 0) is 31.2 Å². The number of hydrogen-bond donors (Lipinski definition) is 0. The van der Waals surface area contributed by atoms with Gasteiger partial charge in [-0.25, -0.2) is 4.79 Å². The molecule has 0 aromatic heterocycles. The predicted octanol–water partition coefficient (Wildman–Crippen LogP) is 2.53. The van der Waals surface area contributed by atoms with Gasteiger partial charge in [0, 0.05) is 0 Å². The van der Waals surface area contributed by atoms with Crippen molar-refractivity contribution in [2.24, 2.45) is 0 Å². The molecule has 4 nitrogen and oxygen atoms in total. The van der Waals surface area contributed by atoms with Crippen LogP contribution < -0.4 is 9.47 Å². The van der Waals surface area contributed by atoms with Gasteiger partial charge in [0.25, 0.3) is 0 Å². The van der Waals surface area contributed by atoms with Crippen LogP contribution in [-0.2, 0) is 9.53 Å². The summed E-state index contributed by atoms with van der Waals surface area (Å²) >= 11 is 0. The van der Waals surface area contributed by atoms with Crippen molar-refractivity contribution in [1.29, 1.82) is 0 Å². The predicted molar refractivity (Wildman–Crippen MR) is 55.2 cm³/mol. The highest BCUT2D eigenvalue weighted by Gasteiger charge is 2.31. The molecule has 0 radical (unpaired) electrons. The molecule has 0 aliphatic rings. The average Bonchev–Trinajstić information content (AvgIpc) is 2.28. The lowest BCUT2D eigenvalue weighted by Crippen LogP contribution is -2.24. The summed E-state index contributed by atoms with van der Waals surface area (Å²) in [5.74, 6) is -0.700. The molecular formula is C11H11F3O4. The molecule has 0 amide bonds. The summed E-state index contributed by atoms with van der Waals surface area (Å²) in [4.78, 5) is 11.1. The van der Waals surface area contributed by atoms with Crippen molar-refractivity contribution in [2.75, 3.05) is 7.11 Å². The molecule has 1 atom stereocenters. The molecule has 1 aromatic carbocycles. The Kier molecular flexibility index (Phi) is 4.41. The Bertz CT molecular complexity index is 400. The van der Waals surface area contributed by atoms with Gasteiger partial charge in [-0.15, -0.1) is 13.2 Å². The molecule has 100 valence electrons. The molecule has 7 heteroatoms. The number of halogens is 3. The summed E-state index contributed by atoms with van der Waals surface area (Å²) in [6, 6.07) is 4.71. The van der Waals surface area contributed by atoms with E-state index in [0.29, 0.717) is 0 Å². The van der Waals surface area contributed by atoms with Crippen molar-refractivity contribution >= 4 is 5.97 Å². The first kappa shape index (κ1) is 14.1. The lowest BCUT2D eigenvalue weighted by molar-refractivity contribution is -0.274. The van der Waals surface area contributed by atoms with Crippen LogP contribution in [0.1, 0.15) is 6.92 Å². The Labute approximate surface area is 101 Å². The Hall–Kier alpha value is -1.92. The Morgan fingerprint density at radius 1 is 1.17 bits per heavy atom. The van der Waals surface area contributed by atoms with Gasteiger partial charge >= 0.3 is 12.3 Å². The van der Waals surface area contributed by atoms with E-state index >= 15 is 0 Å². The molecule has 1 rings (SSSR count). The number of esters is 1. The van der Waals surface area contributed by atoms with Crippen molar-refractivity contribution < 1.29 is 32.2 Å². The molecule has 0 bridgehead atoms. The van der Waals surface area contributed by atoms with E-state index in [-0.39, 0.29) is 11.5 Å². The number of ether oxygens (including phenoxy) is 3. The highest BCUT2D eigenvalue weighted by molar-refractivity contribution is 5.74. The topological polar surface area (TPSA) is 44.8 Å². The largest absolute Gasteiger partial charge is 0.573 e. The van der Waals surface area contributed by atoms with Crippen LogP contribution in [0.2, 0.25) is 0 Å². The number of methoxy groups -OCH3 is 1. The fourth-order valence-electron chi connectivity index (χ4n) is 1.14. The van der Waals surface area contributed by atoms with E-state index in [1.54, 1.807) is 0 Å². The van der Waals surface area contributed by atoms with Crippen LogP contribution in [0.25, 0.3) is 0 Å². The van der Waals surface area contributed by atoms with Crippen molar-refractivity contribution in [3.8, 4) is 11.5 Å². The van der Waals surface area contributed by atoms with Crippen LogP contribution in [0.3, 0.4) is 0 Å². The van der Waals surface area contributed by atoms with Crippen molar-refractivity contribution in [3.05, 3.63) is 24.3 Å². The number of rotatable bonds is 4. The monoisotopic (exact) mass is 264 g/mol. The Morgan fingerprint density at radius 2 is 1.67 bits per heavy atom. The lowest BCUT2D eigenvalue weighted by atomic mass is 10.3. The molecule has 0 fully saturated rings. The molecule has 18 heavy (non-hydrogen) atoms. The molecule has 0 heterocycles. The molecule has 1 aromatic rings. The van der Waals surface area contributed by atoms with E-state index < -0.39 is 18.4 Å². The minimum atomic E-state index is -4.73. The minimum absolute atomic E-state index is 0.238. The van der Waals surface area contributed by atoms with E-state index in [1.165, 1.54) is 26.2 Å². The number of carbonyl (C=O) groups excluding carboxylic acids is 1. The van der Waals surface area contributed by atoms with Gasteiger partial charge in [0.2, 0.25) is 0 Å². The summed E-state index contributed by atoms with van der Waals surface area (Å²) in [7, 11) is 1.21. The first-order valence-corrected chi connectivity index (χ1v) is 4.92. The molecular weight excluding hydrogens is 253 g/mol. The van der Waals surface area contributed by atoms with Gasteiger partial charge < -0.3 is 14.2 Å². The minimum Gasteiger partial charge on any atom is -0.479 e. The number of alkyl halides is 3. The normalized spacial score (nSPS) is 12.7. The van der Waals surface area contributed by atoms with E-state index in [9.17, 15) is 18.0 Å². The van der Waals surface area contributed by atoms with Gasteiger partial charge in [-0.1, -0.05) is 0 Å². The first-order valence-electron chi connectivity index (χ1n) is 4.92. The number of hydrogen-bond acceptors (Lipinski definition) is 4. The van der Waals surface area contributed by atoms with Gasteiger partial charge in [-0.3, -0.25) is 0 Å². The zero-order chi connectivity index (χ0) is 13.8. The maximum absolute atomic E-state index is 11.9.